The van der Waals surface area contributed by atoms with Crippen molar-refractivity contribution < 1.29 is 18.0 Å². The number of benzene rings is 2. The first-order valence-electron chi connectivity index (χ1n) is 9.36. The average molecular weight is 398 g/mol. The summed E-state index contributed by atoms with van der Waals surface area (Å²) in [5, 5.41) is 0. The Kier molecular flexibility index (Phi) is 4.50. The number of ketones is 1. The van der Waals surface area contributed by atoms with E-state index in [-0.39, 0.29) is 28.5 Å². The molecule has 1 N–H and O–H groups in total. The molecular weight excluding hydrogens is 376 g/mol. The van der Waals surface area contributed by atoms with Crippen LogP contribution in [0.4, 0.5) is 11.4 Å². The normalized spacial score (nSPS) is 18.6. The van der Waals surface area contributed by atoms with Crippen LogP contribution in [0.5, 0.6) is 0 Å². The first-order chi connectivity index (χ1) is 13.3. The van der Waals surface area contributed by atoms with Crippen molar-refractivity contribution in [1.82, 2.24) is 0 Å². The third-order valence-corrected chi connectivity index (χ3v) is 6.64. The molecule has 6 nitrogen and oxygen atoms in total. The maximum absolute atomic E-state index is 12.8. The molecule has 146 valence electrons. The second kappa shape index (κ2) is 6.74. The molecule has 0 unspecified atom stereocenters. The minimum atomic E-state index is -3.80. The van der Waals surface area contributed by atoms with Crippen molar-refractivity contribution in [2.24, 2.45) is 5.92 Å². The Morgan fingerprint density at radius 2 is 1.86 bits per heavy atom. The Bertz CT molecular complexity index is 1070. The van der Waals surface area contributed by atoms with E-state index in [2.05, 4.69) is 4.72 Å². The van der Waals surface area contributed by atoms with Gasteiger partial charge in [-0.15, -0.1) is 0 Å². The standard InChI is InChI=1S/C21H22N2O4S/c1-13-10-17-12-19(8-9-20(17)23(13)21(25)15-6-7-15)28(26,27)22-18-5-3-4-16(11-18)14(2)24/h3-5,8-9,11-13,15,22H,6-7,10H2,1-2H3/t13-/m0/s1. The van der Waals surface area contributed by atoms with Gasteiger partial charge in [0.1, 0.15) is 0 Å². The third kappa shape index (κ3) is 3.42. The number of carbonyl (C=O) groups is 2. The van der Waals surface area contributed by atoms with Crippen LogP contribution in [0, 0.1) is 5.92 Å². The highest BCUT2D eigenvalue weighted by molar-refractivity contribution is 7.92. The average Bonchev–Trinajstić information content (AvgIpc) is 3.43. The van der Waals surface area contributed by atoms with E-state index in [9.17, 15) is 18.0 Å². The van der Waals surface area contributed by atoms with Gasteiger partial charge in [0.25, 0.3) is 10.0 Å². The molecule has 1 atom stereocenters. The molecular formula is C21H22N2O4S. The molecule has 0 radical (unpaired) electrons. The smallest absolute Gasteiger partial charge is 0.261 e. The van der Waals surface area contributed by atoms with Crippen LogP contribution < -0.4 is 9.62 Å². The van der Waals surface area contributed by atoms with Gasteiger partial charge in [-0.25, -0.2) is 8.42 Å². The number of nitrogens with zero attached hydrogens (tertiary/aromatic N) is 1. The summed E-state index contributed by atoms with van der Waals surface area (Å²) in [6.45, 7) is 3.42. The molecule has 1 fully saturated rings. The van der Waals surface area contributed by atoms with Crippen molar-refractivity contribution in [3.63, 3.8) is 0 Å². The fourth-order valence-electron chi connectivity index (χ4n) is 3.65. The number of hydrogen-bond donors (Lipinski definition) is 1. The summed E-state index contributed by atoms with van der Waals surface area (Å²) in [5.74, 6) is 0.126. The summed E-state index contributed by atoms with van der Waals surface area (Å²) in [6.07, 6.45) is 2.51. The summed E-state index contributed by atoms with van der Waals surface area (Å²) < 4.78 is 28.2. The molecule has 1 aliphatic heterocycles. The van der Waals surface area contributed by atoms with E-state index in [1.54, 1.807) is 30.3 Å². The first kappa shape index (κ1) is 18.7. The van der Waals surface area contributed by atoms with Gasteiger partial charge >= 0.3 is 0 Å². The Balaban J connectivity index is 1.61. The molecule has 0 spiro atoms. The molecule has 4 rings (SSSR count). The maximum Gasteiger partial charge on any atom is 0.261 e. The summed E-state index contributed by atoms with van der Waals surface area (Å²) in [7, 11) is -3.80. The van der Waals surface area contributed by atoms with Gasteiger partial charge in [-0.05, 0) is 69.0 Å². The molecule has 2 aliphatic rings. The van der Waals surface area contributed by atoms with Crippen LogP contribution in [0.1, 0.15) is 42.6 Å². The van der Waals surface area contributed by atoms with Crippen LogP contribution in [-0.2, 0) is 21.2 Å². The Labute approximate surface area is 164 Å². The second-order valence-electron chi connectivity index (χ2n) is 7.57. The summed E-state index contributed by atoms with van der Waals surface area (Å²) in [5.41, 5.74) is 2.45. The van der Waals surface area contributed by atoms with Gasteiger partial charge in [-0.2, -0.15) is 0 Å². The van der Waals surface area contributed by atoms with E-state index in [4.69, 9.17) is 0 Å². The van der Waals surface area contributed by atoms with Crippen LogP contribution in [0.2, 0.25) is 0 Å². The number of sulfonamides is 1. The van der Waals surface area contributed by atoms with Crippen molar-refractivity contribution in [1.29, 1.82) is 0 Å². The van der Waals surface area contributed by atoms with Gasteiger partial charge in [-0.1, -0.05) is 12.1 Å². The Morgan fingerprint density at radius 1 is 1.11 bits per heavy atom. The highest BCUT2D eigenvalue weighted by Gasteiger charge is 2.39. The van der Waals surface area contributed by atoms with Gasteiger partial charge < -0.3 is 4.90 Å². The minimum absolute atomic E-state index is 0.0289. The minimum Gasteiger partial charge on any atom is -0.309 e. The molecule has 0 aromatic heterocycles. The highest BCUT2D eigenvalue weighted by atomic mass is 32.2. The number of hydrogen-bond acceptors (Lipinski definition) is 4. The van der Waals surface area contributed by atoms with Crippen LogP contribution >= 0.6 is 0 Å². The van der Waals surface area contributed by atoms with E-state index < -0.39 is 10.0 Å². The van der Waals surface area contributed by atoms with Gasteiger partial charge in [0, 0.05) is 28.9 Å². The molecule has 7 heteroatoms. The fraction of sp³-hybridized carbons (Fsp3) is 0.333. The summed E-state index contributed by atoms with van der Waals surface area (Å²) >= 11 is 0. The maximum atomic E-state index is 12.8. The lowest BCUT2D eigenvalue weighted by atomic mass is 10.1. The van der Waals surface area contributed by atoms with E-state index in [0.717, 1.165) is 24.1 Å². The molecule has 1 heterocycles. The van der Waals surface area contributed by atoms with Gasteiger partial charge in [-0.3, -0.25) is 14.3 Å². The van der Waals surface area contributed by atoms with Crippen LogP contribution in [0.15, 0.2) is 47.4 Å². The number of carbonyl (C=O) groups excluding carboxylic acids is 2. The zero-order chi connectivity index (χ0) is 20.1. The van der Waals surface area contributed by atoms with Crippen molar-refractivity contribution in [2.45, 2.75) is 44.0 Å². The van der Waals surface area contributed by atoms with Crippen LogP contribution in [-0.4, -0.2) is 26.2 Å². The molecule has 1 amide bonds. The van der Waals surface area contributed by atoms with Gasteiger partial charge in [0.15, 0.2) is 5.78 Å². The van der Waals surface area contributed by atoms with Crippen LogP contribution in [0.3, 0.4) is 0 Å². The van der Waals surface area contributed by atoms with Crippen molar-refractivity contribution in [2.75, 3.05) is 9.62 Å². The SMILES string of the molecule is CC(=O)c1cccc(NS(=O)(=O)c2ccc3c(c2)C[C@H](C)N3C(=O)C2CC2)c1. The van der Waals surface area contributed by atoms with Crippen molar-refractivity contribution in [3.05, 3.63) is 53.6 Å². The number of nitrogens with one attached hydrogen (secondary N) is 1. The number of amides is 1. The Morgan fingerprint density at radius 3 is 2.54 bits per heavy atom. The highest BCUT2D eigenvalue weighted by Crippen LogP contribution is 2.39. The largest absolute Gasteiger partial charge is 0.309 e. The van der Waals surface area contributed by atoms with Gasteiger partial charge in [0.2, 0.25) is 5.91 Å². The number of Topliss-reactive ketones (excluding diaryl/α,β-unsaturated/α-hetero) is 1. The van der Waals surface area contributed by atoms with Gasteiger partial charge in [0.05, 0.1) is 4.90 Å². The molecule has 28 heavy (non-hydrogen) atoms. The molecule has 1 aliphatic carbocycles. The van der Waals surface area contributed by atoms with E-state index in [1.165, 1.54) is 19.1 Å². The van der Waals surface area contributed by atoms with E-state index >= 15 is 0 Å². The number of rotatable bonds is 5. The van der Waals surface area contributed by atoms with Crippen LogP contribution in [0.25, 0.3) is 0 Å². The van der Waals surface area contributed by atoms with E-state index in [1.807, 2.05) is 11.8 Å². The number of anilines is 2. The molecule has 2 aromatic rings. The number of fused-ring (bicyclic) bond motifs is 1. The summed E-state index contributed by atoms with van der Waals surface area (Å²) in [6, 6.07) is 11.3. The second-order valence-corrected chi connectivity index (χ2v) is 9.25. The molecule has 1 saturated carbocycles. The zero-order valence-corrected chi connectivity index (χ0v) is 16.6. The van der Waals surface area contributed by atoms with E-state index in [0.29, 0.717) is 17.7 Å². The lowest BCUT2D eigenvalue weighted by Crippen LogP contribution is -2.36. The first-order valence-corrected chi connectivity index (χ1v) is 10.8. The molecule has 2 aromatic carbocycles. The quantitative estimate of drug-likeness (QED) is 0.783. The molecule has 0 saturated heterocycles. The zero-order valence-electron chi connectivity index (χ0n) is 15.8. The topological polar surface area (TPSA) is 83.6 Å². The van der Waals surface area contributed by atoms with Crippen molar-refractivity contribution >= 4 is 33.1 Å². The molecule has 0 bridgehead atoms. The predicted octanol–water partition coefficient (Wildman–Crippen LogP) is 3.38. The Hall–Kier alpha value is -2.67. The monoisotopic (exact) mass is 398 g/mol. The fourth-order valence-corrected chi connectivity index (χ4v) is 4.75. The van der Waals surface area contributed by atoms with Crippen molar-refractivity contribution in [3.8, 4) is 0 Å². The third-order valence-electron chi connectivity index (χ3n) is 5.26. The summed E-state index contributed by atoms with van der Waals surface area (Å²) in [4.78, 5) is 26.0. The predicted molar refractivity (Wildman–Crippen MR) is 107 cm³/mol. The lowest BCUT2D eigenvalue weighted by molar-refractivity contribution is -0.120. The lowest BCUT2D eigenvalue weighted by Gasteiger charge is -2.22.